The Morgan fingerprint density at radius 1 is 1.00 bits per heavy atom. The van der Waals surface area contributed by atoms with Gasteiger partial charge in [-0.15, -0.1) is 0 Å². The SMILES string of the molecule is CS(=O)(=O)NC1CCN(c2cccc3ccnn23)C[C@H]1COC1CCC(c2ccccc2)CC1. The van der Waals surface area contributed by atoms with Gasteiger partial charge in [0.2, 0.25) is 10.0 Å². The molecule has 5 rings (SSSR count). The molecule has 1 aliphatic carbocycles. The molecule has 0 radical (unpaired) electrons. The van der Waals surface area contributed by atoms with Crippen LogP contribution >= 0.6 is 0 Å². The van der Waals surface area contributed by atoms with Crippen molar-refractivity contribution >= 4 is 21.4 Å². The Morgan fingerprint density at radius 2 is 1.79 bits per heavy atom. The van der Waals surface area contributed by atoms with Crippen LogP contribution in [0.5, 0.6) is 0 Å². The zero-order valence-electron chi connectivity index (χ0n) is 19.7. The fourth-order valence-electron chi connectivity index (χ4n) is 5.56. The summed E-state index contributed by atoms with van der Waals surface area (Å²) < 4.78 is 35.3. The standard InChI is InChI=1S/C26H34N4O3S/c1-34(31,32)28-25-15-17-29(26-9-5-8-23-14-16-27-30(23)26)18-22(25)19-33-24-12-10-21(11-13-24)20-6-3-2-4-7-20/h2-9,14,16,21-22,24-25,28H,10-13,15,17-19H2,1H3/t21?,22-,24?,25?/m0/s1. The van der Waals surface area contributed by atoms with Gasteiger partial charge in [-0.2, -0.15) is 5.10 Å². The number of pyridine rings is 1. The van der Waals surface area contributed by atoms with Crippen LogP contribution in [-0.4, -0.2) is 56.1 Å². The fraction of sp³-hybridized carbons (Fsp3) is 0.500. The van der Waals surface area contributed by atoms with E-state index in [1.165, 1.54) is 11.8 Å². The average Bonchev–Trinajstić information content (AvgIpc) is 3.33. The highest BCUT2D eigenvalue weighted by Gasteiger charge is 2.33. The lowest BCUT2D eigenvalue weighted by Crippen LogP contribution is -2.53. The number of rotatable bonds is 7. The van der Waals surface area contributed by atoms with Crippen molar-refractivity contribution in [2.75, 3.05) is 30.9 Å². The molecule has 2 aliphatic rings. The maximum absolute atomic E-state index is 12.0. The van der Waals surface area contributed by atoms with Gasteiger partial charge in [0, 0.05) is 25.0 Å². The van der Waals surface area contributed by atoms with E-state index < -0.39 is 10.0 Å². The number of nitrogens with one attached hydrogen (secondary N) is 1. The van der Waals surface area contributed by atoms with Crippen LogP contribution in [-0.2, 0) is 14.8 Å². The Labute approximate surface area is 202 Å². The highest BCUT2D eigenvalue weighted by atomic mass is 32.2. The molecule has 1 aromatic carbocycles. The molecule has 1 saturated heterocycles. The predicted molar refractivity (Wildman–Crippen MR) is 135 cm³/mol. The largest absolute Gasteiger partial charge is 0.378 e. The van der Waals surface area contributed by atoms with Gasteiger partial charge in [-0.1, -0.05) is 36.4 Å². The molecule has 3 aromatic rings. The van der Waals surface area contributed by atoms with E-state index in [4.69, 9.17) is 4.74 Å². The first-order chi connectivity index (χ1) is 16.5. The lowest BCUT2D eigenvalue weighted by Gasteiger charge is -2.40. The van der Waals surface area contributed by atoms with Crippen LogP contribution < -0.4 is 9.62 Å². The lowest BCUT2D eigenvalue weighted by atomic mass is 9.82. The first-order valence-corrected chi connectivity index (χ1v) is 14.2. The molecule has 8 heteroatoms. The first kappa shape index (κ1) is 23.3. The third-order valence-corrected chi connectivity index (χ3v) is 8.05. The van der Waals surface area contributed by atoms with E-state index in [0.29, 0.717) is 12.5 Å². The Bertz CT molecular complexity index is 1190. The third kappa shape index (κ3) is 5.45. The Morgan fingerprint density at radius 3 is 2.56 bits per heavy atom. The van der Waals surface area contributed by atoms with Crippen LogP contribution in [0.4, 0.5) is 5.82 Å². The highest BCUT2D eigenvalue weighted by Crippen LogP contribution is 2.34. The molecule has 2 fully saturated rings. The minimum atomic E-state index is -3.29. The minimum Gasteiger partial charge on any atom is -0.378 e. The van der Waals surface area contributed by atoms with Crippen molar-refractivity contribution in [2.24, 2.45) is 5.92 Å². The number of ether oxygens (including phenoxy) is 1. The summed E-state index contributed by atoms with van der Waals surface area (Å²) in [7, 11) is -3.29. The zero-order valence-corrected chi connectivity index (χ0v) is 20.5. The van der Waals surface area contributed by atoms with Crippen LogP contribution in [0.25, 0.3) is 5.52 Å². The number of sulfonamides is 1. The van der Waals surface area contributed by atoms with Crippen LogP contribution in [0.1, 0.15) is 43.6 Å². The van der Waals surface area contributed by atoms with Crippen LogP contribution in [0.2, 0.25) is 0 Å². The van der Waals surface area contributed by atoms with Crippen molar-refractivity contribution < 1.29 is 13.2 Å². The quantitative estimate of drug-likeness (QED) is 0.554. The van der Waals surface area contributed by atoms with Crippen molar-refractivity contribution in [3.05, 3.63) is 66.4 Å². The van der Waals surface area contributed by atoms with E-state index in [0.717, 1.165) is 56.5 Å². The number of fused-ring (bicyclic) bond motifs is 1. The predicted octanol–water partition coefficient (Wildman–Crippen LogP) is 3.82. The van der Waals surface area contributed by atoms with Crippen molar-refractivity contribution in [3.8, 4) is 0 Å². The van der Waals surface area contributed by atoms with E-state index >= 15 is 0 Å². The second-order valence-electron chi connectivity index (χ2n) is 9.76. The highest BCUT2D eigenvalue weighted by molar-refractivity contribution is 7.88. The summed E-state index contributed by atoms with van der Waals surface area (Å²) in [6.45, 7) is 2.05. The number of benzene rings is 1. The maximum atomic E-state index is 12.0. The molecule has 34 heavy (non-hydrogen) atoms. The van der Waals surface area contributed by atoms with Gasteiger partial charge in [-0.3, -0.25) is 0 Å². The summed E-state index contributed by atoms with van der Waals surface area (Å²) in [4.78, 5) is 2.31. The van der Waals surface area contributed by atoms with Crippen molar-refractivity contribution in [1.82, 2.24) is 14.3 Å². The van der Waals surface area contributed by atoms with Gasteiger partial charge >= 0.3 is 0 Å². The summed E-state index contributed by atoms with van der Waals surface area (Å²) in [5, 5.41) is 4.48. The van der Waals surface area contributed by atoms with Crippen molar-refractivity contribution in [3.63, 3.8) is 0 Å². The number of hydrogen-bond donors (Lipinski definition) is 1. The van der Waals surface area contributed by atoms with E-state index in [2.05, 4.69) is 51.1 Å². The molecule has 7 nitrogen and oxygen atoms in total. The zero-order chi connectivity index (χ0) is 23.5. The molecule has 0 bridgehead atoms. The molecule has 0 spiro atoms. The van der Waals surface area contributed by atoms with Crippen LogP contribution in [0, 0.1) is 5.92 Å². The molecule has 1 saturated carbocycles. The number of hydrogen-bond acceptors (Lipinski definition) is 5. The third-order valence-electron chi connectivity index (χ3n) is 7.32. The van der Waals surface area contributed by atoms with Crippen LogP contribution in [0.3, 0.4) is 0 Å². The normalized spacial score (nSPS) is 26.1. The van der Waals surface area contributed by atoms with Gasteiger partial charge in [0.1, 0.15) is 5.82 Å². The summed E-state index contributed by atoms with van der Waals surface area (Å²) >= 11 is 0. The van der Waals surface area contributed by atoms with Crippen molar-refractivity contribution in [2.45, 2.75) is 50.2 Å². The summed E-state index contributed by atoms with van der Waals surface area (Å²) in [5.74, 6) is 1.72. The maximum Gasteiger partial charge on any atom is 0.208 e. The van der Waals surface area contributed by atoms with Gasteiger partial charge in [0.15, 0.2) is 0 Å². The smallest absolute Gasteiger partial charge is 0.208 e. The first-order valence-electron chi connectivity index (χ1n) is 12.3. The van der Waals surface area contributed by atoms with Crippen molar-refractivity contribution in [1.29, 1.82) is 0 Å². The fourth-order valence-corrected chi connectivity index (χ4v) is 6.42. The molecule has 2 aromatic heterocycles. The van der Waals surface area contributed by atoms with Gasteiger partial charge < -0.3 is 9.64 Å². The molecule has 182 valence electrons. The molecular formula is C26H34N4O3S. The van der Waals surface area contributed by atoms with E-state index in [9.17, 15) is 8.42 Å². The van der Waals surface area contributed by atoms with Gasteiger partial charge in [0.25, 0.3) is 0 Å². The number of aromatic nitrogens is 2. The number of nitrogens with zero attached hydrogens (tertiary/aromatic N) is 3. The Balaban J connectivity index is 1.24. The van der Waals surface area contributed by atoms with E-state index in [-0.39, 0.29) is 18.1 Å². The molecule has 0 amide bonds. The van der Waals surface area contributed by atoms with Gasteiger partial charge in [-0.25, -0.2) is 17.7 Å². The molecule has 2 atom stereocenters. The van der Waals surface area contributed by atoms with Gasteiger partial charge in [-0.05, 0) is 61.8 Å². The second-order valence-corrected chi connectivity index (χ2v) is 11.5. The number of anilines is 1. The Hall–Kier alpha value is -2.42. The van der Waals surface area contributed by atoms with E-state index in [1.807, 2.05) is 28.9 Å². The summed E-state index contributed by atoms with van der Waals surface area (Å²) in [6.07, 6.45) is 8.40. The van der Waals surface area contributed by atoms with E-state index in [1.54, 1.807) is 0 Å². The average molecular weight is 483 g/mol. The van der Waals surface area contributed by atoms with Gasteiger partial charge in [0.05, 0.1) is 30.7 Å². The summed E-state index contributed by atoms with van der Waals surface area (Å²) in [5.41, 5.74) is 2.48. The monoisotopic (exact) mass is 482 g/mol. The topological polar surface area (TPSA) is 75.9 Å². The molecular weight excluding hydrogens is 448 g/mol. The Kier molecular flexibility index (Phi) is 6.90. The molecule has 1 N–H and O–H groups in total. The number of piperidine rings is 1. The summed E-state index contributed by atoms with van der Waals surface area (Å²) in [6, 6.07) is 18.8. The molecule has 1 unspecified atom stereocenters. The van der Waals surface area contributed by atoms with Crippen LogP contribution in [0.15, 0.2) is 60.8 Å². The molecule has 3 heterocycles. The lowest BCUT2D eigenvalue weighted by molar-refractivity contribution is -0.00215. The minimum absolute atomic E-state index is 0.0705. The molecule has 1 aliphatic heterocycles. The second kappa shape index (κ2) is 10.1.